The topological polar surface area (TPSA) is 56.0 Å². The van der Waals surface area contributed by atoms with Crippen LogP contribution in [0.25, 0.3) is 0 Å². The molecule has 1 aromatic heterocycles. The van der Waals surface area contributed by atoms with E-state index >= 15 is 0 Å². The molecule has 90 valence electrons. The molecule has 1 aromatic rings. The number of aromatic nitrogens is 2. The van der Waals surface area contributed by atoms with Crippen molar-refractivity contribution >= 4 is 0 Å². The summed E-state index contributed by atoms with van der Waals surface area (Å²) in [5, 5.41) is 3.26. The van der Waals surface area contributed by atoms with E-state index in [0.29, 0.717) is 12.6 Å². The zero-order valence-corrected chi connectivity index (χ0v) is 10.1. The average molecular weight is 225 g/mol. The van der Waals surface area contributed by atoms with Gasteiger partial charge < -0.3 is 14.5 Å². The second-order valence-electron chi connectivity index (χ2n) is 4.18. The fraction of sp³-hybridized carbons (Fsp3) is 0.636. The Hall–Kier alpha value is -1.36. The SMILES string of the molecule is CC(C)NCCCn1ccn(C)c(=O)c1=O. The highest BCUT2D eigenvalue weighted by Gasteiger charge is 2.01. The Morgan fingerprint density at radius 2 is 1.94 bits per heavy atom. The maximum atomic E-state index is 11.5. The van der Waals surface area contributed by atoms with Gasteiger partial charge in [-0.25, -0.2) is 0 Å². The van der Waals surface area contributed by atoms with Crippen LogP contribution in [0.2, 0.25) is 0 Å². The van der Waals surface area contributed by atoms with Gasteiger partial charge in [-0.05, 0) is 13.0 Å². The molecule has 0 fully saturated rings. The molecule has 5 heteroatoms. The third-order valence-corrected chi connectivity index (χ3v) is 2.36. The van der Waals surface area contributed by atoms with E-state index in [9.17, 15) is 9.59 Å². The molecule has 0 atom stereocenters. The number of hydrogen-bond acceptors (Lipinski definition) is 3. The molecule has 0 aromatic carbocycles. The smallest absolute Gasteiger partial charge is 0.314 e. The van der Waals surface area contributed by atoms with Crippen LogP contribution in [0.3, 0.4) is 0 Å². The highest BCUT2D eigenvalue weighted by atomic mass is 16.2. The van der Waals surface area contributed by atoms with Crippen molar-refractivity contribution in [3.8, 4) is 0 Å². The lowest BCUT2D eigenvalue weighted by atomic mass is 10.3. The minimum Gasteiger partial charge on any atom is -0.314 e. The van der Waals surface area contributed by atoms with E-state index in [4.69, 9.17) is 0 Å². The lowest BCUT2D eigenvalue weighted by Gasteiger charge is -2.09. The Bertz CT molecular complexity index is 445. The fourth-order valence-corrected chi connectivity index (χ4v) is 1.41. The van der Waals surface area contributed by atoms with Gasteiger partial charge in [0.15, 0.2) is 0 Å². The summed E-state index contributed by atoms with van der Waals surface area (Å²) in [6, 6.07) is 0.445. The van der Waals surface area contributed by atoms with Gasteiger partial charge in [-0.1, -0.05) is 13.8 Å². The summed E-state index contributed by atoms with van der Waals surface area (Å²) in [5.41, 5.74) is -0.922. The molecule has 0 unspecified atom stereocenters. The van der Waals surface area contributed by atoms with Crippen LogP contribution >= 0.6 is 0 Å². The first kappa shape index (κ1) is 12.7. The van der Waals surface area contributed by atoms with E-state index in [1.54, 1.807) is 19.4 Å². The first-order chi connectivity index (χ1) is 7.52. The number of hydrogen-bond donors (Lipinski definition) is 1. The number of rotatable bonds is 5. The zero-order valence-electron chi connectivity index (χ0n) is 10.1. The molecule has 0 aliphatic rings. The van der Waals surface area contributed by atoms with Gasteiger partial charge in [0.1, 0.15) is 0 Å². The van der Waals surface area contributed by atoms with Crippen molar-refractivity contribution in [1.29, 1.82) is 0 Å². The van der Waals surface area contributed by atoms with Gasteiger partial charge in [0.2, 0.25) is 0 Å². The Morgan fingerprint density at radius 1 is 1.25 bits per heavy atom. The van der Waals surface area contributed by atoms with Crippen molar-refractivity contribution in [2.24, 2.45) is 7.05 Å². The maximum Gasteiger partial charge on any atom is 0.316 e. The number of nitrogens with zero attached hydrogens (tertiary/aromatic N) is 2. The second kappa shape index (κ2) is 5.65. The molecule has 0 aliphatic carbocycles. The van der Waals surface area contributed by atoms with Crippen LogP contribution in [0, 0.1) is 0 Å². The molecule has 0 radical (unpaired) electrons. The molecule has 0 spiro atoms. The molecule has 16 heavy (non-hydrogen) atoms. The molecular weight excluding hydrogens is 206 g/mol. The molecule has 5 nitrogen and oxygen atoms in total. The molecule has 0 saturated carbocycles. The Balaban J connectivity index is 2.59. The summed E-state index contributed by atoms with van der Waals surface area (Å²) >= 11 is 0. The lowest BCUT2D eigenvalue weighted by Crippen LogP contribution is -2.39. The van der Waals surface area contributed by atoms with Crippen LogP contribution in [-0.4, -0.2) is 21.7 Å². The van der Waals surface area contributed by atoms with Gasteiger partial charge in [-0.15, -0.1) is 0 Å². The summed E-state index contributed by atoms with van der Waals surface area (Å²) in [6.07, 6.45) is 4.10. The Kier molecular flexibility index (Phi) is 4.49. The minimum atomic E-state index is -0.473. The third-order valence-electron chi connectivity index (χ3n) is 2.36. The maximum absolute atomic E-state index is 11.5. The van der Waals surface area contributed by atoms with Crippen LogP contribution in [0.5, 0.6) is 0 Å². The largest absolute Gasteiger partial charge is 0.316 e. The predicted molar refractivity (Wildman–Crippen MR) is 63.7 cm³/mol. The molecule has 1 N–H and O–H groups in total. The second-order valence-corrected chi connectivity index (χ2v) is 4.18. The standard InChI is InChI=1S/C11H19N3O2/c1-9(2)12-5-4-6-14-8-7-13(3)10(15)11(14)16/h7-9,12H,4-6H2,1-3H3. The quantitative estimate of drug-likeness (QED) is 0.564. The zero-order chi connectivity index (χ0) is 12.1. The average Bonchev–Trinajstić information content (AvgIpc) is 2.23. The first-order valence-electron chi connectivity index (χ1n) is 5.52. The van der Waals surface area contributed by atoms with E-state index in [-0.39, 0.29) is 0 Å². The molecule has 0 aliphatic heterocycles. The van der Waals surface area contributed by atoms with Crippen molar-refractivity contribution in [2.75, 3.05) is 6.54 Å². The van der Waals surface area contributed by atoms with Gasteiger partial charge in [0.05, 0.1) is 0 Å². The molecule has 0 saturated heterocycles. The van der Waals surface area contributed by atoms with Crippen LogP contribution in [0.15, 0.2) is 22.0 Å². The van der Waals surface area contributed by atoms with Gasteiger partial charge in [-0.2, -0.15) is 0 Å². The van der Waals surface area contributed by atoms with Gasteiger partial charge in [0, 0.05) is 32.0 Å². The molecule has 1 heterocycles. The van der Waals surface area contributed by atoms with Crippen LogP contribution in [0.4, 0.5) is 0 Å². The monoisotopic (exact) mass is 225 g/mol. The molecule has 0 amide bonds. The van der Waals surface area contributed by atoms with Gasteiger partial charge in [0.25, 0.3) is 0 Å². The number of nitrogens with one attached hydrogen (secondary N) is 1. The van der Waals surface area contributed by atoms with E-state index in [1.165, 1.54) is 9.13 Å². The summed E-state index contributed by atoms with van der Waals surface area (Å²) in [5.74, 6) is 0. The Morgan fingerprint density at radius 3 is 2.56 bits per heavy atom. The summed E-state index contributed by atoms with van der Waals surface area (Å²) in [4.78, 5) is 22.9. The minimum absolute atomic E-state index is 0.445. The highest BCUT2D eigenvalue weighted by Crippen LogP contribution is 1.85. The molecule has 0 bridgehead atoms. The highest BCUT2D eigenvalue weighted by molar-refractivity contribution is 4.84. The van der Waals surface area contributed by atoms with Crippen molar-refractivity contribution < 1.29 is 0 Å². The number of aryl methyl sites for hydroxylation is 2. The third kappa shape index (κ3) is 3.34. The van der Waals surface area contributed by atoms with E-state index in [0.717, 1.165) is 13.0 Å². The van der Waals surface area contributed by atoms with Crippen LogP contribution in [-0.2, 0) is 13.6 Å². The fourth-order valence-electron chi connectivity index (χ4n) is 1.41. The summed E-state index contributed by atoms with van der Waals surface area (Å²) in [6.45, 7) is 5.57. The Labute approximate surface area is 94.7 Å². The summed E-state index contributed by atoms with van der Waals surface area (Å²) in [7, 11) is 1.58. The lowest BCUT2D eigenvalue weighted by molar-refractivity contribution is 0.524. The van der Waals surface area contributed by atoms with E-state index in [1.807, 2.05) is 0 Å². The van der Waals surface area contributed by atoms with Crippen molar-refractivity contribution in [3.05, 3.63) is 33.1 Å². The van der Waals surface area contributed by atoms with E-state index in [2.05, 4.69) is 19.2 Å². The van der Waals surface area contributed by atoms with Crippen molar-refractivity contribution in [2.45, 2.75) is 32.9 Å². The first-order valence-corrected chi connectivity index (χ1v) is 5.52. The molecule has 1 rings (SSSR count). The predicted octanol–water partition coefficient (Wildman–Crippen LogP) is -0.0649. The van der Waals surface area contributed by atoms with Crippen molar-refractivity contribution in [1.82, 2.24) is 14.5 Å². The van der Waals surface area contributed by atoms with Crippen LogP contribution in [0.1, 0.15) is 20.3 Å². The van der Waals surface area contributed by atoms with E-state index < -0.39 is 11.1 Å². The summed E-state index contributed by atoms with van der Waals surface area (Å²) < 4.78 is 2.76. The van der Waals surface area contributed by atoms with Gasteiger partial charge in [-0.3, -0.25) is 9.59 Å². The normalized spacial score (nSPS) is 11.0. The van der Waals surface area contributed by atoms with Crippen molar-refractivity contribution in [3.63, 3.8) is 0 Å². The van der Waals surface area contributed by atoms with Crippen LogP contribution < -0.4 is 16.4 Å². The van der Waals surface area contributed by atoms with Gasteiger partial charge >= 0.3 is 11.1 Å². The molecular formula is C11H19N3O2.